The van der Waals surface area contributed by atoms with Crippen molar-refractivity contribution < 1.29 is 9.21 Å². The summed E-state index contributed by atoms with van der Waals surface area (Å²) in [6.07, 6.45) is 1.60. The third-order valence-corrected chi connectivity index (χ3v) is 2.75. The van der Waals surface area contributed by atoms with Crippen molar-refractivity contribution in [2.75, 3.05) is 13.6 Å². The molecule has 0 saturated heterocycles. The lowest BCUT2D eigenvalue weighted by Gasteiger charge is -2.16. The molecule has 0 radical (unpaired) electrons. The van der Waals surface area contributed by atoms with Gasteiger partial charge in [0.25, 0.3) is 0 Å². The summed E-state index contributed by atoms with van der Waals surface area (Å²) in [5, 5.41) is 2.83. The van der Waals surface area contributed by atoms with Gasteiger partial charge in [0.2, 0.25) is 5.91 Å². The number of nitrogens with one attached hydrogen (secondary N) is 1. The van der Waals surface area contributed by atoms with Gasteiger partial charge in [-0.25, -0.2) is 0 Å². The third kappa shape index (κ3) is 4.60. The fourth-order valence-corrected chi connectivity index (χ4v) is 1.85. The Morgan fingerprint density at radius 1 is 1.21 bits per heavy atom. The molecule has 0 aliphatic carbocycles. The first-order chi connectivity index (χ1) is 9.24. The van der Waals surface area contributed by atoms with E-state index in [1.807, 2.05) is 42.3 Å². The quantitative estimate of drug-likeness (QED) is 0.862. The van der Waals surface area contributed by atoms with Gasteiger partial charge in [0.05, 0.1) is 19.4 Å². The molecule has 0 fully saturated rings. The first kappa shape index (κ1) is 13.4. The van der Waals surface area contributed by atoms with E-state index in [0.717, 1.165) is 12.3 Å². The van der Waals surface area contributed by atoms with Gasteiger partial charge in [0.1, 0.15) is 5.76 Å². The number of hydrogen-bond donors (Lipinski definition) is 1. The van der Waals surface area contributed by atoms with Crippen LogP contribution in [0.25, 0.3) is 0 Å². The molecule has 2 aromatic rings. The summed E-state index contributed by atoms with van der Waals surface area (Å²) in [6, 6.07) is 13.7. The van der Waals surface area contributed by atoms with Crippen molar-refractivity contribution in [2.45, 2.75) is 13.1 Å². The standard InChI is InChI=1S/C15H18N2O2/c1-17(11-13-6-3-2-4-7-13)12-15(18)16-10-14-8-5-9-19-14/h2-9H,10-12H2,1H3,(H,16,18). The molecule has 0 spiro atoms. The van der Waals surface area contributed by atoms with Crippen LogP contribution in [0.15, 0.2) is 53.1 Å². The van der Waals surface area contributed by atoms with E-state index < -0.39 is 0 Å². The van der Waals surface area contributed by atoms with Crippen molar-refractivity contribution in [2.24, 2.45) is 0 Å². The molecule has 0 atom stereocenters. The lowest BCUT2D eigenvalue weighted by molar-refractivity contribution is -0.122. The molecule has 0 unspecified atom stereocenters. The van der Waals surface area contributed by atoms with Crippen LogP contribution >= 0.6 is 0 Å². The van der Waals surface area contributed by atoms with E-state index in [0.29, 0.717) is 13.1 Å². The number of nitrogens with zero attached hydrogens (tertiary/aromatic N) is 1. The number of furan rings is 1. The zero-order valence-corrected chi connectivity index (χ0v) is 11.0. The number of carbonyl (C=O) groups excluding carboxylic acids is 1. The van der Waals surface area contributed by atoms with Crippen molar-refractivity contribution in [3.63, 3.8) is 0 Å². The average molecular weight is 258 g/mol. The zero-order valence-electron chi connectivity index (χ0n) is 11.0. The van der Waals surface area contributed by atoms with Gasteiger partial charge in [-0.15, -0.1) is 0 Å². The molecule has 0 aliphatic rings. The molecule has 1 aromatic heterocycles. The second-order valence-electron chi connectivity index (χ2n) is 4.51. The highest BCUT2D eigenvalue weighted by Crippen LogP contribution is 2.02. The Hall–Kier alpha value is -2.07. The Kier molecular flexibility index (Phi) is 4.75. The number of carbonyl (C=O) groups is 1. The van der Waals surface area contributed by atoms with E-state index in [9.17, 15) is 4.79 Å². The topological polar surface area (TPSA) is 45.5 Å². The van der Waals surface area contributed by atoms with Crippen molar-refractivity contribution in [3.8, 4) is 0 Å². The molecule has 2 rings (SSSR count). The largest absolute Gasteiger partial charge is 0.467 e. The molecular formula is C15H18N2O2. The first-order valence-electron chi connectivity index (χ1n) is 6.25. The summed E-state index contributed by atoms with van der Waals surface area (Å²) in [7, 11) is 1.93. The van der Waals surface area contributed by atoms with Crippen LogP contribution in [0.3, 0.4) is 0 Å². The predicted octanol–water partition coefficient (Wildman–Crippen LogP) is 2.03. The average Bonchev–Trinajstić information content (AvgIpc) is 2.90. The number of rotatable bonds is 6. The Bertz CT molecular complexity index is 494. The van der Waals surface area contributed by atoms with Crippen LogP contribution < -0.4 is 5.32 Å². The molecule has 1 N–H and O–H groups in total. The second-order valence-corrected chi connectivity index (χ2v) is 4.51. The van der Waals surface area contributed by atoms with Crippen LogP contribution in [0.4, 0.5) is 0 Å². The van der Waals surface area contributed by atoms with Crippen molar-refractivity contribution >= 4 is 5.91 Å². The lowest BCUT2D eigenvalue weighted by Crippen LogP contribution is -2.34. The van der Waals surface area contributed by atoms with Gasteiger partial charge in [-0.05, 0) is 24.7 Å². The van der Waals surface area contributed by atoms with Crippen LogP contribution in [0, 0.1) is 0 Å². The molecule has 19 heavy (non-hydrogen) atoms. The van der Waals surface area contributed by atoms with Crippen molar-refractivity contribution in [1.82, 2.24) is 10.2 Å². The van der Waals surface area contributed by atoms with Gasteiger partial charge in [0, 0.05) is 6.54 Å². The number of amides is 1. The minimum absolute atomic E-state index is 0.00479. The van der Waals surface area contributed by atoms with E-state index in [1.54, 1.807) is 6.26 Å². The van der Waals surface area contributed by atoms with Gasteiger partial charge in [-0.3, -0.25) is 9.69 Å². The lowest BCUT2D eigenvalue weighted by atomic mass is 10.2. The molecule has 0 bridgehead atoms. The Labute approximate surface area is 113 Å². The highest BCUT2D eigenvalue weighted by atomic mass is 16.3. The SMILES string of the molecule is CN(CC(=O)NCc1ccco1)Cc1ccccc1. The molecule has 0 saturated carbocycles. The smallest absolute Gasteiger partial charge is 0.234 e. The Morgan fingerprint density at radius 2 is 2.00 bits per heavy atom. The van der Waals surface area contributed by atoms with Crippen LogP contribution in [0.5, 0.6) is 0 Å². The maximum Gasteiger partial charge on any atom is 0.234 e. The number of hydrogen-bond acceptors (Lipinski definition) is 3. The maximum absolute atomic E-state index is 11.7. The summed E-state index contributed by atoms with van der Waals surface area (Å²) >= 11 is 0. The van der Waals surface area contributed by atoms with E-state index in [1.165, 1.54) is 5.56 Å². The van der Waals surface area contributed by atoms with E-state index >= 15 is 0 Å². The summed E-state index contributed by atoms with van der Waals surface area (Å²) in [5.74, 6) is 0.758. The molecule has 1 amide bonds. The normalized spacial score (nSPS) is 10.6. The van der Waals surface area contributed by atoms with Gasteiger partial charge in [-0.1, -0.05) is 30.3 Å². The van der Waals surface area contributed by atoms with Crippen LogP contribution in [0.2, 0.25) is 0 Å². The van der Waals surface area contributed by atoms with E-state index in [2.05, 4.69) is 17.4 Å². The monoisotopic (exact) mass is 258 g/mol. The highest BCUT2D eigenvalue weighted by Gasteiger charge is 2.07. The van der Waals surface area contributed by atoms with E-state index in [-0.39, 0.29) is 5.91 Å². The molecule has 0 aliphatic heterocycles. The zero-order chi connectivity index (χ0) is 13.5. The van der Waals surface area contributed by atoms with Gasteiger partial charge < -0.3 is 9.73 Å². The summed E-state index contributed by atoms with van der Waals surface area (Å²) in [5.41, 5.74) is 1.20. The van der Waals surface area contributed by atoms with Crippen molar-refractivity contribution in [3.05, 3.63) is 60.1 Å². The molecule has 4 heteroatoms. The summed E-state index contributed by atoms with van der Waals surface area (Å²) in [6.45, 7) is 1.57. The Balaban J connectivity index is 1.72. The molecule has 1 aromatic carbocycles. The summed E-state index contributed by atoms with van der Waals surface area (Å²) in [4.78, 5) is 13.7. The van der Waals surface area contributed by atoms with Gasteiger partial charge >= 0.3 is 0 Å². The number of benzene rings is 1. The first-order valence-corrected chi connectivity index (χ1v) is 6.25. The molecule has 1 heterocycles. The fourth-order valence-electron chi connectivity index (χ4n) is 1.85. The van der Waals surface area contributed by atoms with Gasteiger partial charge in [0.15, 0.2) is 0 Å². The van der Waals surface area contributed by atoms with Crippen LogP contribution in [-0.2, 0) is 17.9 Å². The molecular weight excluding hydrogens is 240 g/mol. The van der Waals surface area contributed by atoms with E-state index in [4.69, 9.17) is 4.42 Å². The van der Waals surface area contributed by atoms with Crippen molar-refractivity contribution in [1.29, 1.82) is 0 Å². The predicted molar refractivity (Wildman–Crippen MR) is 73.3 cm³/mol. The third-order valence-electron chi connectivity index (χ3n) is 2.75. The Morgan fingerprint density at radius 3 is 2.68 bits per heavy atom. The van der Waals surface area contributed by atoms with Crippen LogP contribution in [0.1, 0.15) is 11.3 Å². The molecule has 100 valence electrons. The maximum atomic E-state index is 11.7. The van der Waals surface area contributed by atoms with Gasteiger partial charge in [-0.2, -0.15) is 0 Å². The molecule has 4 nitrogen and oxygen atoms in total. The summed E-state index contributed by atoms with van der Waals surface area (Å²) < 4.78 is 5.16. The fraction of sp³-hybridized carbons (Fsp3) is 0.267. The highest BCUT2D eigenvalue weighted by molar-refractivity contribution is 5.77. The minimum Gasteiger partial charge on any atom is -0.467 e. The van der Waals surface area contributed by atoms with Crippen LogP contribution in [-0.4, -0.2) is 24.4 Å². The minimum atomic E-state index is -0.00479. The number of likely N-dealkylation sites (N-methyl/N-ethyl adjacent to an activating group) is 1. The second kappa shape index (κ2) is 6.75.